The van der Waals surface area contributed by atoms with Gasteiger partial charge in [-0.1, -0.05) is 12.1 Å². The molecule has 0 heterocycles. The molecule has 0 spiro atoms. The standard InChI is InChI=1S/C14H15BrN2O3S/c1-20-11-4-2-3-10(7-11)9-17-14-6-5-12(8-13(14)15)21(16,18)19/h2-8,17H,9H2,1H3,(H2,16,18,19). The molecule has 2 aromatic carbocycles. The SMILES string of the molecule is COc1cccc(CNc2ccc(S(N)(=O)=O)cc2Br)c1. The number of nitrogens with one attached hydrogen (secondary N) is 1. The van der Waals surface area contributed by atoms with Crippen LogP contribution in [0.15, 0.2) is 51.8 Å². The van der Waals surface area contributed by atoms with Crippen LogP contribution in [0.5, 0.6) is 5.75 Å². The van der Waals surface area contributed by atoms with Gasteiger partial charge in [-0.3, -0.25) is 0 Å². The van der Waals surface area contributed by atoms with Crippen molar-refractivity contribution in [1.82, 2.24) is 0 Å². The summed E-state index contributed by atoms with van der Waals surface area (Å²) >= 11 is 3.33. The van der Waals surface area contributed by atoms with E-state index in [9.17, 15) is 8.42 Å². The highest BCUT2D eigenvalue weighted by atomic mass is 79.9. The Morgan fingerprint density at radius 2 is 2.00 bits per heavy atom. The minimum absolute atomic E-state index is 0.0707. The van der Waals surface area contributed by atoms with Gasteiger partial charge in [0.25, 0.3) is 0 Å². The number of hydrogen-bond donors (Lipinski definition) is 2. The second-order valence-electron chi connectivity index (χ2n) is 4.39. The molecule has 2 aromatic rings. The Kier molecular flexibility index (Phi) is 4.87. The molecule has 0 unspecified atom stereocenters. The summed E-state index contributed by atoms with van der Waals surface area (Å²) in [5, 5.41) is 8.31. The van der Waals surface area contributed by atoms with Crippen LogP contribution in [0.1, 0.15) is 5.56 Å². The average molecular weight is 371 g/mol. The molecule has 0 aliphatic heterocycles. The number of benzene rings is 2. The Hall–Kier alpha value is -1.57. The van der Waals surface area contributed by atoms with Gasteiger partial charge in [-0.05, 0) is 51.8 Å². The third-order valence-corrected chi connectivity index (χ3v) is 4.45. The van der Waals surface area contributed by atoms with Gasteiger partial charge in [0.05, 0.1) is 12.0 Å². The van der Waals surface area contributed by atoms with Gasteiger partial charge in [0.1, 0.15) is 5.75 Å². The number of ether oxygens (including phenoxy) is 1. The first kappa shape index (κ1) is 15.8. The maximum absolute atomic E-state index is 11.3. The van der Waals surface area contributed by atoms with Crippen LogP contribution in [-0.4, -0.2) is 15.5 Å². The Balaban J connectivity index is 2.13. The normalized spacial score (nSPS) is 11.2. The number of primary sulfonamides is 1. The van der Waals surface area contributed by atoms with Gasteiger partial charge in [-0.25, -0.2) is 13.6 Å². The summed E-state index contributed by atoms with van der Waals surface area (Å²) in [6.45, 7) is 0.588. The molecule has 3 N–H and O–H groups in total. The van der Waals surface area contributed by atoms with Crippen molar-refractivity contribution in [3.05, 3.63) is 52.5 Å². The Bertz CT molecular complexity index is 748. The summed E-state index contributed by atoms with van der Waals surface area (Å²) in [5.41, 5.74) is 1.84. The molecule has 0 saturated carbocycles. The molecular weight excluding hydrogens is 356 g/mol. The lowest BCUT2D eigenvalue weighted by Gasteiger charge is -2.10. The molecule has 21 heavy (non-hydrogen) atoms. The zero-order valence-corrected chi connectivity index (χ0v) is 13.7. The number of anilines is 1. The Labute approximate surface area is 132 Å². The first-order valence-electron chi connectivity index (χ1n) is 6.09. The van der Waals surface area contributed by atoms with Crippen LogP contribution in [-0.2, 0) is 16.6 Å². The van der Waals surface area contributed by atoms with Gasteiger partial charge in [0.15, 0.2) is 0 Å². The van der Waals surface area contributed by atoms with Crippen molar-refractivity contribution in [2.24, 2.45) is 5.14 Å². The second kappa shape index (κ2) is 6.46. The van der Waals surface area contributed by atoms with E-state index in [2.05, 4.69) is 21.2 Å². The van der Waals surface area contributed by atoms with E-state index in [4.69, 9.17) is 9.88 Å². The zero-order valence-electron chi connectivity index (χ0n) is 11.3. The lowest BCUT2D eigenvalue weighted by molar-refractivity contribution is 0.414. The first-order valence-corrected chi connectivity index (χ1v) is 8.43. The first-order chi connectivity index (χ1) is 9.90. The van der Waals surface area contributed by atoms with Crippen molar-refractivity contribution in [1.29, 1.82) is 0 Å². The molecule has 0 atom stereocenters. The molecular formula is C14H15BrN2O3S. The Morgan fingerprint density at radius 1 is 1.24 bits per heavy atom. The van der Waals surface area contributed by atoms with E-state index in [0.29, 0.717) is 11.0 Å². The van der Waals surface area contributed by atoms with Gasteiger partial charge in [-0.15, -0.1) is 0 Å². The van der Waals surface area contributed by atoms with Crippen LogP contribution in [0.2, 0.25) is 0 Å². The van der Waals surface area contributed by atoms with E-state index >= 15 is 0 Å². The van der Waals surface area contributed by atoms with E-state index in [-0.39, 0.29) is 4.90 Å². The van der Waals surface area contributed by atoms with Crippen molar-refractivity contribution in [3.8, 4) is 5.75 Å². The predicted octanol–water partition coefficient (Wildman–Crippen LogP) is 2.72. The number of hydrogen-bond acceptors (Lipinski definition) is 4. The maximum atomic E-state index is 11.3. The van der Waals surface area contributed by atoms with Gasteiger partial charge >= 0.3 is 0 Å². The molecule has 0 aliphatic rings. The largest absolute Gasteiger partial charge is 0.497 e. The summed E-state index contributed by atoms with van der Waals surface area (Å²) in [6.07, 6.45) is 0. The highest BCUT2D eigenvalue weighted by molar-refractivity contribution is 9.10. The fraction of sp³-hybridized carbons (Fsp3) is 0.143. The van der Waals surface area contributed by atoms with Crippen LogP contribution in [0.3, 0.4) is 0 Å². The van der Waals surface area contributed by atoms with Crippen LogP contribution in [0.25, 0.3) is 0 Å². The molecule has 0 amide bonds. The molecule has 5 nitrogen and oxygen atoms in total. The topological polar surface area (TPSA) is 81.4 Å². The van der Waals surface area contributed by atoms with E-state index in [1.807, 2.05) is 24.3 Å². The van der Waals surface area contributed by atoms with Gasteiger partial charge in [0.2, 0.25) is 10.0 Å². The van der Waals surface area contributed by atoms with Crippen LogP contribution in [0, 0.1) is 0 Å². The molecule has 0 saturated heterocycles. The van der Waals surface area contributed by atoms with Crippen molar-refractivity contribution in [2.75, 3.05) is 12.4 Å². The summed E-state index contributed by atoms with van der Waals surface area (Å²) in [7, 11) is -2.07. The smallest absolute Gasteiger partial charge is 0.238 e. The lowest BCUT2D eigenvalue weighted by atomic mass is 10.2. The van der Waals surface area contributed by atoms with Crippen LogP contribution < -0.4 is 15.2 Å². The highest BCUT2D eigenvalue weighted by Gasteiger charge is 2.10. The average Bonchev–Trinajstić information content (AvgIpc) is 2.45. The number of methoxy groups -OCH3 is 1. The zero-order chi connectivity index (χ0) is 15.5. The third-order valence-electron chi connectivity index (χ3n) is 2.89. The van der Waals surface area contributed by atoms with Crippen LogP contribution in [0.4, 0.5) is 5.69 Å². The predicted molar refractivity (Wildman–Crippen MR) is 85.8 cm³/mol. The summed E-state index contributed by atoms with van der Waals surface area (Å²) in [6, 6.07) is 12.3. The molecule has 0 aliphatic carbocycles. The summed E-state index contributed by atoms with van der Waals surface area (Å²) in [5.74, 6) is 0.790. The van der Waals surface area contributed by atoms with Crippen molar-refractivity contribution >= 4 is 31.6 Å². The lowest BCUT2D eigenvalue weighted by Crippen LogP contribution is -2.12. The van der Waals surface area contributed by atoms with Crippen molar-refractivity contribution in [2.45, 2.75) is 11.4 Å². The maximum Gasteiger partial charge on any atom is 0.238 e. The molecule has 7 heteroatoms. The number of rotatable bonds is 5. The van der Waals surface area contributed by atoms with Crippen molar-refractivity contribution in [3.63, 3.8) is 0 Å². The molecule has 2 rings (SSSR count). The summed E-state index contributed by atoms with van der Waals surface area (Å²) in [4.78, 5) is 0.0707. The van der Waals surface area contributed by atoms with E-state index in [1.165, 1.54) is 12.1 Å². The van der Waals surface area contributed by atoms with Crippen molar-refractivity contribution < 1.29 is 13.2 Å². The summed E-state index contributed by atoms with van der Waals surface area (Å²) < 4.78 is 28.3. The fourth-order valence-corrected chi connectivity index (χ4v) is 3.01. The van der Waals surface area contributed by atoms with Gasteiger partial charge < -0.3 is 10.1 Å². The number of halogens is 1. The molecule has 0 fully saturated rings. The van der Waals surface area contributed by atoms with E-state index in [0.717, 1.165) is 17.0 Å². The third kappa shape index (κ3) is 4.20. The molecule has 112 valence electrons. The number of nitrogens with two attached hydrogens (primary N) is 1. The minimum atomic E-state index is -3.69. The van der Waals surface area contributed by atoms with Gasteiger partial charge in [-0.2, -0.15) is 0 Å². The monoisotopic (exact) mass is 370 g/mol. The minimum Gasteiger partial charge on any atom is -0.497 e. The molecule has 0 aromatic heterocycles. The Morgan fingerprint density at radius 3 is 2.62 bits per heavy atom. The fourth-order valence-electron chi connectivity index (χ4n) is 1.80. The molecule has 0 bridgehead atoms. The van der Waals surface area contributed by atoms with E-state index < -0.39 is 10.0 Å². The quantitative estimate of drug-likeness (QED) is 0.847. The van der Waals surface area contributed by atoms with E-state index in [1.54, 1.807) is 13.2 Å². The molecule has 0 radical (unpaired) electrons. The second-order valence-corrected chi connectivity index (χ2v) is 6.81. The number of sulfonamides is 1. The van der Waals surface area contributed by atoms with Crippen LogP contribution >= 0.6 is 15.9 Å². The highest BCUT2D eigenvalue weighted by Crippen LogP contribution is 2.26. The van der Waals surface area contributed by atoms with Gasteiger partial charge in [0, 0.05) is 16.7 Å².